The van der Waals surface area contributed by atoms with Crippen LogP contribution in [0.4, 0.5) is 10.5 Å². The molecule has 0 aliphatic carbocycles. The Bertz CT molecular complexity index is 1120. The van der Waals surface area contributed by atoms with Gasteiger partial charge in [-0.3, -0.25) is 4.79 Å². The van der Waals surface area contributed by atoms with Crippen molar-refractivity contribution in [3.63, 3.8) is 0 Å². The molecule has 33 heavy (non-hydrogen) atoms. The van der Waals surface area contributed by atoms with Crippen molar-refractivity contribution in [3.8, 4) is 0 Å². The first-order valence-corrected chi connectivity index (χ1v) is 11.2. The minimum absolute atomic E-state index is 0.0492. The molecule has 172 valence electrons. The zero-order chi connectivity index (χ0) is 23.2. The van der Waals surface area contributed by atoms with E-state index < -0.39 is 5.60 Å². The van der Waals surface area contributed by atoms with Crippen molar-refractivity contribution >= 4 is 23.7 Å². The number of ether oxygens (including phenoxy) is 2. The summed E-state index contributed by atoms with van der Waals surface area (Å²) in [5.41, 5.74) is 3.32. The highest BCUT2D eigenvalue weighted by Gasteiger charge is 2.51. The van der Waals surface area contributed by atoms with Crippen LogP contribution in [-0.2, 0) is 15.1 Å². The summed E-state index contributed by atoms with van der Waals surface area (Å²) < 4.78 is 10.6. The topological polar surface area (TPSA) is 79.4 Å². The third-order valence-corrected chi connectivity index (χ3v) is 6.96. The van der Waals surface area contributed by atoms with Gasteiger partial charge in [-0.05, 0) is 36.8 Å². The summed E-state index contributed by atoms with van der Waals surface area (Å²) in [5.74, 6) is -0.361. The molecule has 0 bridgehead atoms. The molecule has 0 radical (unpaired) electrons. The predicted octanol–water partition coefficient (Wildman–Crippen LogP) is 2.80. The summed E-state index contributed by atoms with van der Waals surface area (Å²) in [4.78, 5) is 43.1. The van der Waals surface area contributed by atoms with Gasteiger partial charge in [0.15, 0.2) is 5.60 Å². The van der Waals surface area contributed by atoms with Crippen LogP contribution in [0.2, 0.25) is 0 Å². The highest BCUT2D eigenvalue weighted by atomic mass is 16.6. The molecule has 2 amide bonds. The number of piperazine rings is 1. The van der Waals surface area contributed by atoms with E-state index in [1.165, 1.54) is 7.11 Å². The summed E-state index contributed by atoms with van der Waals surface area (Å²) in [6, 6.07) is 13.3. The Labute approximate surface area is 192 Å². The molecule has 3 aliphatic heterocycles. The van der Waals surface area contributed by atoms with Gasteiger partial charge in [-0.1, -0.05) is 18.2 Å². The Morgan fingerprint density at radius 3 is 2.48 bits per heavy atom. The van der Waals surface area contributed by atoms with Crippen LogP contribution in [0.15, 0.2) is 42.5 Å². The van der Waals surface area contributed by atoms with Gasteiger partial charge in [0.1, 0.15) is 0 Å². The fourth-order valence-electron chi connectivity index (χ4n) is 5.14. The smallest absolute Gasteiger partial charge is 0.409 e. The number of carbonyl (C=O) groups excluding carboxylic acids is 3. The fourth-order valence-corrected chi connectivity index (χ4v) is 5.14. The number of hydrogen-bond acceptors (Lipinski definition) is 6. The molecule has 8 nitrogen and oxygen atoms in total. The van der Waals surface area contributed by atoms with Gasteiger partial charge in [-0.2, -0.15) is 0 Å². The van der Waals surface area contributed by atoms with Crippen LogP contribution in [0.5, 0.6) is 0 Å². The van der Waals surface area contributed by atoms with E-state index in [1.807, 2.05) is 43.3 Å². The standard InChI is InChI=1S/C25H27N3O5/c1-17-15-18(26-11-13-27(14-12-26)24(31)32-2)7-8-19(17)22(29)28-10-9-25(16-28)21-6-4-3-5-20(21)23(30)33-25/h3-8,15H,9-14,16H2,1-2H3/t25-/m0/s1. The van der Waals surface area contributed by atoms with E-state index in [0.717, 1.165) is 16.8 Å². The fraction of sp³-hybridized carbons (Fsp3) is 0.400. The van der Waals surface area contributed by atoms with E-state index in [9.17, 15) is 14.4 Å². The van der Waals surface area contributed by atoms with Crippen molar-refractivity contribution in [1.82, 2.24) is 9.80 Å². The zero-order valence-electron chi connectivity index (χ0n) is 18.9. The van der Waals surface area contributed by atoms with Crippen molar-refractivity contribution in [2.45, 2.75) is 18.9 Å². The Morgan fingerprint density at radius 1 is 1.00 bits per heavy atom. The van der Waals surface area contributed by atoms with E-state index in [2.05, 4.69) is 4.90 Å². The minimum atomic E-state index is -0.740. The Kier molecular flexibility index (Phi) is 5.23. The van der Waals surface area contributed by atoms with Crippen LogP contribution in [0.25, 0.3) is 0 Å². The molecule has 8 heteroatoms. The molecule has 2 aromatic rings. The first kappa shape index (κ1) is 21.3. The molecule has 3 heterocycles. The lowest BCUT2D eigenvalue weighted by Gasteiger charge is -2.35. The van der Waals surface area contributed by atoms with E-state index in [1.54, 1.807) is 15.9 Å². The van der Waals surface area contributed by atoms with Crippen molar-refractivity contribution < 1.29 is 23.9 Å². The van der Waals surface area contributed by atoms with Crippen molar-refractivity contribution in [2.24, 2.45) is 0 Å². The third-order valence-electron chi connectivity index (χ3n) is 6.96. The molecule has 5 rings (SSSR count). The van der Waals surface area contributed by atoms with Crippen LogP contribution in [0.1, 0.15) is 38.3 Å². The van der Waals surface area contributed by atoms with E-state index in [4.69, 9.17) is 9.47 Å². The minimum Gasteiger partial charge on any atom is -0.453 e. The maximum Gasteiger partial charge on any atom is 0.409 e. The first-order valence-electron chi connectivity index (χ1n) is 11.2. The average Bonchev–Trinajstić information content (AvgIpc) is 3.39. The van der Waals surface area contributed by atoms with E-state index in [-0.39, 0.29) is 18.0 Å². The summed E-state index contributed by atoms with van der Waals surface area (Å²) in [5, 5.41) is 0. The molecule has 2 fully saturated rings. The van der Waals surface area contributed by atoms with Gasteiger partial charge in [0.25, 0.3) is 5.91 Å². The van der Waals surface area contributed by atoms with Gasteiger partial charge in [-0.15, -0.1) is 0 Å². The highest BCUT2D eigenvalue weighted by molar-refractivity contribution is 5.97. The number of likely N-dealkylation sites (tertiary alicyclic amines) is 1. The molecule has 0 aromatic heterocycles. The molecule has 2 saturated heterocycles. The Balaban J connectivity index is 1.29. The van der Waals surface area contributed by atoms with E-state index >= 15 is 0 Å². The normalized spacial score (nSPS) is 21.9. The number of methoxy groups -OCH3 is 1. The second-order valence-electron chi connectivity index (χ2n) is 8.85. The number of hydrogen-bond donors (Lipinski definition) is 0. The number of anilines is 1. The highest BCUT2D eigenvalue weighted by Crippen LogP contribution is 2.43. The lowest BCUT2D eigenvalue weighted by atomic mass is 9.91. The predicted molar refractivity (Wildman–Crippen MR) is 121 cm³/mol. The summed E-state index contributed by atoms with van der Waals surface area (Å²) in [6.07, 6.45) is 0.300. The second kappa shape index (κ2) is 8.10. The second-order valence-corrected chi connectivity index (χ2v) is 8.85. The molecule has 1 atom stereocenters. The number of esters is 1. The van der Waals surface area contributed by atoms with Crippen LogP contribution >= 0.6 is 0 Å². The van der Waals surface area contributed by atoms with Gasteiger partial charge in [0.2, 0.25) is 0 Å². The van der Waals surface area contributed by atoms with Crippen LogP contribution < -0.4 is 4.90 Å². The average molecular weight is 450 g/mol. The van der Waals surface area contributed by atoms with E-state index in [0.29, 0.717) is 56.8 Å². The van der Waals surface area contributed by atoms with Gasteiger partial charge in [0, 0.05) is 56.0 Å². The number of nitrogens with zero attached hydrogens (tertiary/aromatic N) is 3. The summed E-state index contributed by atoms with van der Waals surface area (Å²) >= 11 is 0. The van der Waals surface area contributed by atoms with Crippen molar-refractivity contribution in [1.29, 1.82) is 0 Å². The Morgan fingerprint density at radius 2 is 1.76 bits per heavy atom. The van der Waals surface area contributed by atoms with Gasteiger partial charge < -0.3 is 24.2 Å². The Hall–Kier alpha value is -3.55. The number of carbonyl (C=O) groups is 3. The molecule has 0 unspecified atom stereocenters. The summed E-state index contributed by atoms with van der Waals surface area (Å²) in [7, 11) is 1.39. The van der Waals surface area contributed by atoms with Crippen LogP contribution in [-0.4, -0.2) is 74.1 Å². The van der Waals surface area contributed by atoms with Crippen LogP contribution in [0.3, 0.4) is 0 Å². The number of amides is 2. The lowest BCUT2D eigenvalue weighted by Crippen LogP contribution is -2.48. The molecular formula is C25H27N3O5. The largest absolute Gasteiger partial charge is 0.453 e. The number of rotatable bonds is 2. The number of fused-ring (bicyclic) bond motifs is 2. The molecule has 0 saturated carbocycles. The molecule has 1 spiro atoms. The number of benzene rings is 2. The molecular weight excluding hydrogens is 422 g/mol. The van der Waals surface area contributed by atoms with Crippen molar-refractivity contribution in [3.05, 3.63) is 64.7 Å². The number of aryl methyl sites for hydroxylation is 1. The van der Waals surface area contributed by atoms with Crippen molar-refractivity contribution in [2.75, 3.05) is 51.3 Å². The van der Waals surface area contributed by atoms with Gasteiger partial charge in [-0.25, -0.2) is 9.59 Å². The quantitative estimate of drug-likeness (QED) is 0.656. The van der Waals surface area contributed by atoms with Crippen LogP contribution in [0, 0.1) is 6.92 Å². The molecule has 2 aromatic carbocycles. The monoisotopic (exact) mass is 449 g/mol. The summed E-state index contributed by atoms with van der Waals surface area (Å²) in [6.45, 7) is 5.47. The lowest BCUT2D eigenvalue weighted by molar-refractivity contribution is -0.00307. The SMILES string of the molecule is COC(=O)N1CCN(c2ccc(C(=O)N3CC[C@@]4(C3)OC(=O)c3ccccc34)c(C)c2)CC1. The zero-order valence-corrected chi connectivity index (χ0v) is 18.9. The van der Waals surface area contributed by atoms with Gasteiger partial charge in [0.05, 0.1) is 19.2 Å². The first-order chi connectivity index (χ1) is 15.9. The maximum absolute atomic E-state index is 13.4. The molecule has 3 aliphatic rings. The van der Waals surface area contributed by atoms with Gasteiger partial charge >= 0.3 is 12.1 Å². The maximum atomic E-state index is 13.4. The molecule has 0 N–H and O–H groups in total. The third kappa shape index (κ3) is 3.59.